The predicted octanol–water partition coefficient (Wildman–Crippen LogP) is 1.26. The number of aliphatic hydroxyl groups is 1. The lowest BCUT2D eigenvalue weighted by Gasteiger charge is -2.19. The van der Waals surface area contributed by atoms with Gasteiger partial charge in [0.2, 0.25) is 5.91 Å². The van der Waals surface area contributed by atoms with E-state index in [2.05, 4.69) is 5.32 Å². The van der Waals surface area contributed by atoms with Gasteiger partial charge in [0.25, 0.3) is 0 Å². The first-order valence-corrected chi connectivity index (χ1v) is 6.55. The first kappa shape index (κ1) is 16.0. The maximum Gasteiger partial charge on any atom is 0.224 e. The Balaban J connectivity index is 2.48. The van der Waals surface area contributed by atoms with E-state index in [4.69, 9.17) is 15.1 Å². The Labute approximate surface area is 119 Å². The number of rotatable bonds is 7. The Morgan fingerprint density at radius 3 is 2.60 bits per heavy atom. The largest absolute Gasteiger partial charge is 0.479 e. The minimum absolute atomic E-state index is 0.0103. The van der Waals surface area contributed by atoms with Gasteiger partial charge >= 0.3 is 0 Å². The van der Waals surface area contributed by atoms with Crippen LogP contribution in [0.5, 0.6) is 5.75 Å². The van der Waals surface area contributed by atoms with E-state index in [0.717, 1.165) is 5.56 Å². The number of hydrogen-bond acceptors (Lipinski definition) is 4. The van der Waals surface area contributed by atoms with Gasteiger partial charge in [-0.2, -0.15) is 5.26 Å². The normalized spacial score (nSPS) is 13.1. The van der Waals surface area contributed by atoms with Crippen LogP contribution < -0.4 is 10.1 Å². The zero-order valence-corrected chi connectivity index (χ0v) is 11.8. The molecule has 0 aromatic heterocycles. The number of amides is 1. The molecule has 1 aromatic rings. The van der Waals surface area contributed by atoms with Crippen LogP contribution in [0.3, 0.4) is 0 Å². The first-order valence-electron chi connectivity index (χ1n) is 6.55. The van der Waals surface area contributed by atoms with Crippen molar-refractivity contribution in [2.75, 3.05) is 13.2 Å². The third-order valence-corrected chi connectivity index (χ3v) is 3.12. The number of benzene rings is 1. The number of hydrogen-bond donors (Lipinski definition) is 2. The van der Waals surface area contributed by atoms with Gasteiger partial charge < -0.3 is 15.2 Å². The summed E-state index contributed by atoms with van der Waals surface area (Å²) in [6, 6.07) is 8.90. The van der Waals surface area contributed by atoms with Crippen LogP contribution >= 0.6 is 0 Å². The summed E-state index contributed by atoms with van der Waals surface area (Å²) in [6.45, 7) is 3.81. The molecule has 2 atom stereocenters. The molecular weight excluding hydrogens is 256 g/mol. The highest BCUT2D eigenvalue weighted by atomic mass is 16.5. The van der Waals surface area contributed by atoms with Gasteiger partial charge in [-0.05, 0) is 30.5 Å². The van der Waals surface area contributed by atoms with Crippen molar-refractivity contribution < 1.29 is 14.6 Å². The average molecular weight is 276 g/mol. The molecule has 0 spiro atoms. The van der Waals surface area contributed by atoms with E-state index in [1.807, 2.05) is 19.9 Å². The fourth-order valence-electron chi connectivity index (χ4n) is 1.61. The Hall–Kier alpha value is -2.06. The molecule has 0 bridgehead atoms. The van der Waals surface area contributed by atoms with Gasteiger partial charge in [0.15, 0.2) is 6.61 Å². The number of aliphatic hydroxyl groups excluding tert-OH is 1. The van der Waals surface area contributed by atoms with Crippen LogP contribution in [0, 0.1) is 17.2 Å². The fraction of sp³-hybridized carbons (Fsp3) is 0.467. The van der Waals surface area contributed by atoms with Crippen LogP contribution in [0.4, 0.5) is 0 Å². The third-order valence-electron chi connectivity index (χ3n) is 3.12. The van der Waals surface area contributed by atoms with Gasteiger partial charge in [0.1, 0.15) is 11.8 Å². The lowest BCUT2D eigenvalue weighted by Crippen LogP contribution is -2.39. The Kier molecular flexibility index (Phi) is 6.54. The Morgan fingerprint density at radius 2 is 2.05 bits per heavy atom. The van der Waals surface area contributed by atoms with Crippen molar-refractivity contribution in [2.45, 2.75) is 26.3 Å². The standard InChI is InChI=1S/C15H20N2O3/c1-11(10-18)12(2)17-15(19)9-13-3-5-14(6-4-13)20-8-7-16/h3-6,11-12,18H,8-10H2,1-2H3,(H,17,19). The van der Waals surface area contributed by atoms with E-state index in [1.165, 1.54) is 0 Å². The second-order valence-corrected chi connectivity index (χ2v) is 4.78. The van der Waals surface area contributed by atoms with Crippen LogP contribution in [0.25, 0.3) is 0 Å². The molecule has 0 fully saturated rings. The summed E-state index contributed by atoms with van der Waals surface area (Å²) in [5.74, 6) is 0.558. The van der Waals surface area contributed by atoms with Crippen molar-refractivity contribution in [3.8, 4) is 11.8 Å². The summed E-state index contributed by atoms with van der Waals surface area (Å²) >= 11 is 0. The van der Waals surface area contributed by atoms with E-state index in [0.29, 0.717) is 5.75 Å². The minimum Gasteiger partial charge on any atom is -0.479 e. The Morgan fingerprint density at radius 1 is 1.40 bits per heavy atom. The van der Waals surface area contributed by atoms with Gasteiger partial charge in [0.05, 0.1) is 6.42 Å². The second-order valence-electron chi connectivity index (χ2n) is 4.78. The number of carbonyl (C=O) groups is 1. The highest BCUT2D eigenvalue weighted by Gasteiger charge is 2.14. The monoisotopic (exact) mass is 276 g/mol. The molecule has 0 saturated carbocycles. The lowest BCUT2D eigenvalue weighted by molar-refractivity contribution is -0.121. The summed E-state index contributed by atoms with van der Waals surface area (Å²) in [5.41, 5.74) is 0.871. The molecule has 2 N–H and O–H groups in total. The zero-order valence-electron chi connectivity index (χ0n) is 11.8. The highest BCUT2D eigenvalue weighted by molar-refractivity contribution is 5.78. The van der Waals surface area contributed by atoms with Crippen molar-refractivity contribution in [1.29, 1.82) is 5.26 Å². The lowest BCUT2D eigenvalue weighted by atomic mass is 10.0. The summed E-state index contributed by atoms with van der Waals surface area (Å²) in [6.07, 6.45) is 0.279. The van der Waals surface area contributed by atoms with Crippen LogP contribution in [0.2, 0.25) is 0 Å². The fourth-order valence-corrected chi connectivity index (χ4v) is 1.61. The third kappa shape index (κ3) is 5.29. The number of carbonyl (C=O) groups excluding carboxylic acids is 1. The first-order chi connectivity index (χ1) is 9.56. The SMILES string of the molecule is CC(CO)C(C)NC(=O)Cc1ccc(OCC#N)cc1. The van der Waals surface area contributed by atoms with Gasteiger partial charge in [-0.1, -0.05) is 19.1 Å². The average Bonchev–Trinajstić information content (AvgIpc) is 2.45. The van der Waals surface area contributed by atoms with Crippen LogP contribution in [0.15, 0.2) is 24.3 Å². The van der Waals surface area contributed by atoms with Crippen LogP contribution in [0.1, 0.15) is 19.4 Å². The molecule has 5 nitrogen and oxygen atoms in total. The van der Waals surface area contributed by atoms with Gasteiger partial charge in [-0.3, -0.25) is 4.79 Å². The van der Waals surface area contributed by atoms with Crippen LogP contribution in [-0.2, 0) is 11.2 Å². The molecule has 0 heterocycles. The maximum atomic E-state index is 11.8. The summed E-state index contributed by atoms with van der Waals surface area (Å²) in [7, 11) is 0. The van der Waals surface area contributed by atoms with Gasteiger partial charge in [-0.15, -0.1) is 0 Å². The molecular formula is C15H20N2O3. The predicted molar refractivity (Wildman–Crippen MR) is 75.1 cm³/mol. The van der Waals surface area contributed by atoms with Crippen molar-refractivity contribution in [1.82, 2.24) is 5.32 Å². The summed E-state index contributed by atoms with van der Waals surface area (Å²) in [5, 5.41) is 20.3. The second kappa shape index (κ2) is 8.18. The number of nitrogens with zero attached hydrogens (tertiary/aromatic N) is 1. The molecule has 108 valence electrons. The number of ether oxygens (including phenoxy) is 1. The zero-order chi connectivity index (χ0) is 15.0. The van der Waals surface area contributed by atoms with E-state index in [-0.39, 0.29) is 37.5 Å². The molecule has 20 heavy (non-hydrogen) atoms. The molecule has 0 radical (unpaired) electrons. The molecule has 0 saturated heterocycles. The van der Waals surface area contributed by atoms with E-state index >= 15 is 0 Å². The van der Waals surface area contributed by atoms with E-state index < -0.39 is 0 Å². The minimum atomic E-state index is -0.0801. The van der Waals surface area contributed by atoms with E-state index in [1.54, 1.807) is 24.3 Å². The smallest absolute Gasteiger partial charge is 0.224 e. The van der Waals surface area contributed by atoms with Crippen molar-refractivity contribution in [2.24, 2.45) is 5.92 Å². The molecule has 0 aliphatic heterocycles. The van der Waals surface area contributed by atoms with Crippen molar-refractivity contribution in [3.05, 3.63) is 29.8 Å². The van der Waals surface area contributed by atoms with Gasteiger partial charge in [0, 0.05) is 12.6 Å². The summed E-state index contributed by atoms with van der Waals surface area (Å²) < 4.78 is 5.14. The van der Waals surface area contributed by atoms with Gasteiger partial charge in [-0.25, -0.2) is 0 Å². The maximum absolute atomic E-state index is 11.8. The summed E-state index contributed by atoms with van der Waals surface area (Å²) in [4.78, 5) is 11.8. The molecule has 1 rings (SSSR count). The van der Waals surface area contributed by atoms with Crippen LogP contribution in [-0.4, -0.2) is 30.3 Å². The van der Waals surface area contributed by atoms with Crippen molar-refractivity contribution in [3.63, 3.8) is 0 Å². The number of nitriles is 1. The van der Waals surface area contributed by atoms with Crippen molar-refractivity contribution >= 4 is 5.91 Å². The molecule has 5 heteroatoms. The molecule has 1 aromatic carbocycles. The van der Waals surface area contributed by atoms with E-state index in [9.17, 15) is 4.79 Å². The molecule has 0 aliphatic rings. The molecule has 1 amide bonds. The Bertz CT molecular complexity index is 465. The topological polar surface area (TPSA) is 82.3 Å². The number of nitrogens with one attached hydrogen (secondary N) is 1. The molecule has 0 aliphatic carbocycles. The quantitative estimate of drug-likeness (QED) is 0.785. The highest BCUT2D eigenvalue weighted by Crippen LogP contribution is 2.12. The molecule has 2 unspecified atom stereocenters.